The van der Waals surface area contributed by atoms with Gasteiger partial charge in [-0.2, -0.15) is 0 Å². The molecule has 0 saturated heterocycles. The van der Waals surface area contributed by atoms with Crippen LogP contribution in [0.4, 0.5) is 0 Å². The molecule has 1 aliphatic carbocycles. The second kappa shape index (κ2) is 5.07. The van der Waals surface area contributed by atoms with E-state index in [-0.39, 0.29) is 35.2 Å². The fraction of sp³-hybridized carbons (Fsp3) is 0.846. The van der Waals surface area contributed by atoms with E-state index in [0.29, 0.717) is 6.42 Å². The molecular formula is C13H24N2O2. The Kier molecular flexibility index (Phi) is 4.17. The van der Waals surface area contributed by atoms with Crippen molar-refractivity contribution in [2.75, 3.05) is 0 Å². The Morgan fingerprint density at radius 3 is 2.24 bits per heavy atom. The van der Waals surface area contributed by atoms with Gasteiger partial charge >= 0.3 is 0 Å². The molecule has 2 amide bonds. The van der Waals surface area contributed by atoms with E-state index in [1.165, 1.54) is 0 Å². The van der Waals surface area contributed by atoms with Gasteiger partial charge in [0, 0.05) is 11.6 Å². The van der Waals surface area contributed by atoms with E-state index in [1.807, 2.05) is 34.6 Å². The van der Waals surface area contributed by atoms with Gasteiger partial charge in [0.2, 0.25) is 11.8 Å². The van der Waals surface area contributed by atoms with Gasteiger partial charge in [-0.15, -0.1) is 0 Å². The molecule has 1 aliphatic rings. The smallest absolute Gasteiger partial charge is 0.224 e. The highest BCUT2D eigenvalue weighted by Crippen LogP contribution is 2.39. The highest BCUT2D eigenvalue weighted by atomic mass is 16.2. The number of hydrogen-bond donors (Lipinski definition) is 2. The lowest BCUT2D eigenvalue weighted by atomic mass is 10.1. The number of rotatable bonds is 4. The van der Waals surface area contributed by atoms with Crippen LogP contribution in [0.2, 0.25) is 0 Å². The van der Waals surface area contributed by atoms with Crippen LogP contribution in [0, 0.1) is 11.8 Å². The van der Waals surface area contributed by atoms with Crippen LogP contribution in [-0.2, 0) is 9.59 Å². The summed E-state index contributed by atoms with van der Waals surface area (Å²) >= 11 is 0. The normalized spacial score (nSPS) is 25.0. The van der Waals surface area contributed by atoms with Crippen molar-refractivity contribution in [1.82, 2.24) is 10.6 Å². The van der Waals surface area contributed by atoms with Gasteiger partial charge in [0.25, 0.3) is 0 Å². The Morgan fingerprint density at radius 1 is 1.24 bits per heavy atom. The van der Waals surface area contributed by atoms with Crippen LogP contribution >= 0.6 is 0 Å². The van der Waals surface area contributed by atoms with Crippen LogP contribution in [0.1, 0.15) is 47.5 Å². The zero-order valence-corrected chi connectivity index (χ0v) is 11.5. The van der Waals surface area contributed by atoms with Gasteiger partial charge in [-0.1, -0.05) is 6.92 Å². The lowest BCUT2D eigenvalue weighted by Crippen LogP contribution is -2.42. The van der Waals surface area contributed by atoms with Gasteiger partial charge in [0.15, 0.2) is 0 Å². The molecule has 0 spiro atoms. The summed E-state index contributed by atoms with van der Waals surface area (Å²) < 4.78 is 0. The molecular weight excluding hydrogens is 216 g/mol. The Morgan fingerprint density at radius 2 is 1.76 bits per heavy atom. The molecule has 98 valence electrons. The van der Waals surface area contributed by atoms with E-state index < -0.39 is 0 Å². The molecule has 4 heteroatoms. The fourth-order valence-corrected chi connectivity index (χ4v) is 1.69. The number of carbonyl (C=O) groups is 2. The maximum Gasteiger partial charge on any atom is 0.224 e. The first-order valence-corrected chi connectivity index (χ1v) is 6.37. The predicted molar refractivity (Wildman–Crippen MR) is 67.4 cm³/mol. The Hall–Kier alpha value is -1.06. The summed E-state index contributed by atoms with van der Waals surface area (Å²) in [6, 6.07) is 0.189. The van der Waals surface area contributed by atoms with E-state index in [0.717, 1.165) is 6.42 Å². The molecule has 0 aromatic heterocycles. The zero-order chi connectivity index (χ0) is 13.2. The summed E-state index contributed by atoms with van der Waals surface area (Å²) in [5.41, 5.74) is -0.225. The van der Waals surface area contributed by atoms with Crippen LogP contribution < -0.4 is 10.6 Å². The molecule has 3 unspecified atom stereocenters. The third-order valence-corrected chi connectivity index (χ3v) is 2.96. The molecule has 17 heavy (non-hydrogen) atoms. The Labute approximate surface area is 104 Å². The van der Waals surface area contributed by atoms with E-state index in [9.17, 15) is 9.59 Å². The second-order valence-corrected chi connectivity index (χ2v) is 6.01. The van der Waals surface area contributed by atoms with Gasteiger partial charge in [-0.05, 0) is 40.5 Å². The summed E-state index contributed by atoms with van der Waals surface area (Å²) in [5, 5.41) is 5.83. The van der Waals surface area contributed by atoms with Crippen LogP contribution in [-0.4, -0.2) is 23.4 Å². The average molecular weight is 240 g/mol. The van der Waals surface area contributed by atoms with Gasteiger partial charge in [-0.25, -0.2) is 0 Å². The molecule has 0 radical (unpaired) electrons. The number of amides is 2. The zero-order valence-electron chi connectivity index (χ0n) is 11.5. The number of hydrogen-bond acceptors (Lipinski definition) is 2. The standard InChI is InChI=1S/C13H24N2O2/c1-6-8(2)14-11(16)9-7-10(9)12(17)15-13(3,4)5/h8-10H,6-7H2,1-5H3,(H,14,16)(H,15,17). The first kappa shape index (κ1) is 14.0. The van der Waals surface area contributed by atoms with Crippen molar-refractivity contribution < 1.29 is 9.59 Å². The predicted octanol–water partition coefficient (Wildman–Crippen LogP) is 1.45. The minimum Gasteiger partial charge on any atom is -0.353 e. The van der Waals surface area contributed by atoms with Crippen molar-refractivity contribution in [2.24, 2.45) is 11.8 Å². The highest BCUT2D eigenvalue weighted by molar-refractivity contribution is 5.92. The molecule has 3 atom stereocenters. The van der Waals surface area contributed by atoms with Gasteiger partial charge in [0.1, 0.15) is 0 Å². The molecule has 4 nitrogen and oxygen atoms in total. The fourth-order valence-electron chi connectivity index (χ4n) is 1.69. The van der Waals surface area contributed by atoms with Gasteiger partial charge in [0.05, 0.1) is 11.8 Å². The van der Waals surface area contributed by atoms with Crippen LogP contribution in [0.25, 0.3) is 0 Å². The van der Waals surface area contributed by atoms with Crippen LogP contribution in [0.15, 0.2) is 0 Å². The maximum absolute atomic E-state index is 11.8. The molecule has 1 fully saturated rings. The second-order valence-electron chi connectivity index (χ2n) is 6.01. The highest BCUT2D eigenvalue weighted by Gasteiger charge is 2.48. The maximum atomic E-state index is 11.8. The minimum atomic E-state index is -0.225. The van der Waals surface area contributed by atoms with Crippen molar-refractivity contribution in [3.63, 3.8) is 0 Å². The molecule has 0 aromatic rings. The lowest BCUT2D eigenvalue weighted by Gasteiger charge is -2.20. The molecule has 2 N–H and O–H groups in total. The number of nitrogens with one attached hydrogen (secondary N) is 2. The third-order valence-electron chi connectivity index (χ3n) is 2.96. The van der Waals surface area contributed by atoms with Gasteiger partial charge in [-0.3, -0.25) is 9.59 Å². The van der Waals surface area contributed by atoms with E-state index in [4.69, 9.17) is 0 Å². The monoisotopic (exact) mass is 240 g/mol. The number of carbonyl (C=O) groups excluding carboxylic acids is 2. The van der Waals surface area contributed by atoms with Crippen LogP contribution in [0.5, 0.6) is 0 Å². The quantitative estimate of drug-likeness (QED) is 0.781. The Balaban J connectivity index is 2.38. The molecule has 0 aromatic carbocycles. The summed E-state index contributed by atoms with van der Waals surface area (Å²) in [4.78, 5) is 23.6. The van der Waals surface area contributed by atoms with Crippen molar-refractivity contribution in [1.29, 1.82) is 0 Å². The lowest BCUT2D eigenvalue weighted by molar-refractivity contribution is -0.128. The van der Waals surface area contributed by atoms with E-state index in [1.54, 1.807) is 0 Å². The molecule has 1 rings (SSSR count). The minimum absolute atomic E-state index is 0.00167. The molecule has 1 saturated carbocycles. The van der Waals surface area contributed by atoms with Crippen LogP contribution in [0.3, 0.4) is 0 Å². The summed E-state index contributed by atoms with van der Waals surface area (Å²) in [5.74, 6) is -0.222. The van der Waals surface area contributed by atoms with Crippen molar-refractivity contribution in [2.45, 2.75) is 59.0 Å². The largest absolute Gasteiger partial charge is 0.353 e. The van der Waals surface area contributed by atoms with Crippen molar-refractivity contribution in [3.05, 3.63) is 0 Å². The van der Waals surface area contributed by atoms with Gasteiger partial charge < -0.3 is 10.6 Å². The van der Waals surface area contributed by atoms with E-state index >= 15 is 0 Å². The molecule has 0 aliphatic heterocycles. The first-order chi connectivity index (χ1) is 7.74. The summed E-state index contributed by atoms with van der Waals surface area (Å²) in [6.07, 6.45) is 1.60. The molecule has 0 heterocycles. The SMILES string of the molecule is CCC(C)NC(=O)C1CC1C(=O)NC(C)(C)C. The third kappa shape index (κ3) is 4.36. The topological polar surface area (TPSA) is 58.2 Å². The summed E-state index contributed by atoms with van der Waals surface area (Å²) in [6.45, 7) is 9.84. The van der Waals surface area contributed by atoms with Crippen molar-refractivity contribution in [3.8, 4) is 0 Å². The first-order valence-electron chi connectivity index (χ1n) is 6.37. The Bertz CT molecular complexity index is 307. The average Bonchev–Trinajstić information content (AvgIpc) is 2.94. The van der Waals surface area contributed by atoms with Crippen molar-refractivity contribution >= 4 is 11.8 Å². The molecule has 0 bridgehead atoms. The summed E-state index contributed by atoms with van der Waals surface area (Å²) in [7, 11) is 0. The van der Waals surface area contributed by atoms with E-state index in [2.05, 4.69) is 10.6 Å².